The van der Waals surface area contributed by atoms with Crippen LogP contribution in [0.4, 0.5) is 5.69 Å². The fraction of sp³-hybridized carbons (Fsp3) is 0.115. The number of carbonyl (C=O) groups excluding carboxylic acids is 2. The molecule has 6 nitrogen and oxygen atoms in total. The number of carbonyl (C=O) groups is 3. The molecule has 0 aliphatic rings. The number of rotatable bonds is 6. The van der Waals surface area contributed by atoms with Gasteiger partial charge in [-0.15, -0.1) is 0 Å². The zero-order chi connectivity index (χ0) is 22.7. The van der Waals surface area contributed by atoms with Gasteiger partial charge in [-0.3, -0.25) is 9.59 Å². The molecule has 0 aliphatic carbocycles. The molecule has 0 fully saturated rings. The molecule has 3 N–H and O–H groups in total. The monoisotopic (exact) mass is 426 g/mol. The first kappa shape index (κ1) is 21.1. The predicted molar refractivity (Wildman–Crippen MR) is 125 cm³/mol. The van der Waals surface area contributed by atoms with Crippen molar-refractivity contribution in [2.24, 2.45) is 0 Å². The number of carboxylic acid groups (broad SMARTS) is 1. The second kappa shape index (κ2) is 8.89. The molecule has 0 unspecified atom stereocenters. The standard InChI is InChI=1S/C26H22N2O4/c1-16(29)27-20-10-6-9-19(14-20)25(30)28-24(26(31)32)15-23-21-11-4-2-7-17(21)13-18-8-3-5-12-22(18)23/h2-14,24H,15H2,1H3,(H,27,29)(H,28,30)(H,31,32)/t24-/m0/s1. The quantitative estimate of drug-likeness (QED) is 0.399. The van der Waals surface area contributed by atoms with E-state index in [0.29, 0.717) is 5.69 Å². The zero-order valence-corrected chi connectivity index (χ0v) is 17.5. The number of benzene rings is 4. The molecule has 0 spiro atoms. The van der Waals surface area contributed by atoms with E-state index in [1.165, 1.54) is 13.0 Å². The highest BCUT2D eigenvalue weighted by molar-refractivity contribution is 6.03. The maximum Gasteiger partial charge on any atom is 0.326 e. The normalized spacial score (nSPS) is 11.8. The Morgan fingerprint density at radius 2 is 1.47 bits per heavy atom. The van der Waals surface area contributed by atoms with Gasteiger partial charge in [0.05, 0.1) is 0 Å². The average Bonchev–Trinajstić information content (AvgIpc) is 2.77. The van der Waals surface area contributed by atoms with E-state index in [4.69, 9.17) is 0 Å². The topological polar surface area (TPSA) is 95.5 Å². The molecule has 0 radical (unpaired) electrons. The van der Waals surface area contributed by atoms with Crippen LogP contribution < -0.4 is 10.6 Å². The molecule has 0 saturated carbocycles. The van der Waals surface area contributed by atoms with E-state index in [1.54, 1.807) is 18.2 Å². The summed E-state index contributed by atoms with van der Waals surface area (Å²) in [6, 6.07) is 23.0. The number of anilines is 1. The lowest BCUT2D eigenvalue weighted by Gasteiger charge is -2.18. The Morgan fingerprint density at radius 3 is 2.06 bits per heavy atom. The Kier molecular flexibility index (Phi) is 5.85. The number of amides is 2. The lowest BCUT2D eigenvalue weighted by Crippen LogP contribution is -2.42. The zero-order valence-electron chi connectivity index (χ0n) is 17.5. The molecular weight excluding hydrogens is 404 g/mol. The lowest BCUT2D eigenvalue weighted by atomic mass is 9.92. The van der Waals surface area contributed by atoms with Crippen molar-refractivity contribution >= 4 is 45.0 Å². The molecule has 32 heavy (non-hydrogen) atoms. The second-order valence-corrected chi connectivity index (χ2v) is 7.63. The largest absolute Gasteiger partial charge is 0.480 e. The molecule has 160 valence electrons. The van der Waals surface area contributed by atoms with Crippen LogP contribution in [0.5, 0.6) is 0 Å². The van der Waals surface area contributed by atoms with Gasteiger partial charge < -0.3 is 15.7 Å². The number of carboxylic acids is 1. The molecule has 4 aromatic rings. The van der Waals surface area contributed by atoms with Gasteiger partial charge in [-0.05, 0) is 51.4 Å². The fourth-order valence-electron chi connectivity index (χ4n) is 3.92. The minimum Gasteiger partial charge on any atom is -0.480 e. The number of hydrogen-bond donors (Lipinski definition) is 3. The van der Waals surface area contributed by atoms with E-state index in [2.05, 4.69) is 16.7 Å². The highest BCUT2D eigenvalue weighted by atomic mass is 16.4. The van der Waals surface area contributed by atoms with Crippen LogP contribution in [0, 0.1) is 0 Å². The molecule has 6 heteroatoms. The third kappa shape index (κ3) is 4.44. The summed E-state index contributed by atoms with van der Waals surface area (Å²) in [5, 5.41) is 19.1. The van der Waals surface area contributed by atoms with E-state index in [0.717, 1.165) is 27.1 Å². The van der Waals surface area contributed by atoms with Gasteiger partial charge in [0, 0.05) is 24.6 Å². The smallest absolute Gasteiger partial charge is 0.326 e. The number of fused-ring (bicyclic) bond motifs is 2. The summed E-state index contributed by atoms with van der Waals surface area (Å²) in [5.41, 5.74) is 1.61. The summed E-state index contributed by atoms with van der Waals surface area (Å²) < 4.78 is 0. The van der Waals surface area contributed by atoms with Gasteiger partial charge >= 0.3 is 5.97 Å². The van der Waals surface area contributed by atoms with Crippen LogP contribution in [0.25, 0.3) is 21.5 Å². The van der Waals surface area contributed by atoms with Crippen LogP contribution in [0.15, 0.2) is 78.9 Å². The molecule has 0 saturated heterocycles. The van der Waals surface area contributed by atoms with E-state index in [1.807, 2.05) is 48.5 Å². The van der Waals surface area contributed by atoms with Gasteiger partial charge in [0.2, 0.25) is 5.91 Å². The first-order valence-electron chi connectivity index (χ1n) is 10.2. The third-order valence-corrected chi connectivity index (χ3v) is 5.34. The van der Waals surface area contributed by atoms with Crippen LogP contribution in [-0.4, -0.2) is 28.9 Å². The summed E-state index contributed by atoms with van der Waals surface area (Å²) in [6.45, 7) is 1.38. The Hall–Kier alpha value is -4.19. The summed E-state index contributed by atoms with van der Waals surface area (Å²) in [4.78, 5) is 36.2. The highest BCUT2D eigenvalue weighted by Crippen LogP contribution is 2.29. The van der Waals surface area contributed by atoms with Gasteiger partial charge in [0.15, 0.2) is 0 Å². The van der Waals surface area contributed by atoms with Crippen molar-refractivity contribution in [3.8, 4) is 0 Å². The Labute approximate surface area is 184 Å². The van der Waals surface area contributed by atoms with E-state index in [9.17, 15) is 19.5 Å². The van der Waals surface area contributed by atoms with Crippen LogP contribution in [0.2, 0.25) is 0 Å². The third-order valence-electron chi connectivity index (χ3n) is 5.34. The number of nitrogens with one attached hydrogen (secondary N) is 2. The fourth-order valence-corrected chi connectivity index (χ4v) is 3.92. The summed E-state index contributed by atoms with van der Waals surface area (Å²) >= 11 is 0. The first-order chi connectivity index (χ1) is 15.4. The Balaban J connectivity index is 1.68. The highest BCUT2D eigenvalue weighted by Gasteiger charge is 2.23. The lowest BCUT2D eigenvalue weighted by molar-refractivity contribution is -0.139. The van der Waals surface area contributed by atoms with E-state index in [-0.39, 0.29) is 17.9 Å². The molecule has 0 heterocycles. The van der Waals surface area contributed by atoms with Crippen molar-refractivity contribution in [2.45, 2.75) is 19.4 Å². The van der Waals surface area contributed by atoms with Crippen molar-refractivity contribution < 1.29 is 19.5 Å². The van der Waals surface area contributed by atoms with Crippen molar-refractivity contribution in [3.05, 3.63) is 90.0 Å². The summed E-state index contributed by atoms with van der Waals surface area (Å²) in [7, 11) is 0. The van der Waals surface area contributed by atoms with Crippen molar-refractivity contribution in [1.29, 1.82) is 0 Å². The minimum absolute atomic E-state index is 0.133. The van der Waals surface area contributed by atoms with Gasteiger partial charge in [-0.25, -0.2) is 4.79 Å². The predicted octanol–water partition coefficient (Wildman–Crippen LogP) is 4.38. The average molecular weight is 426 g/mol. The summed E-state index contributed by atoms with van der Waals surface area (Å²) in [5.74, 6) is -1.89. The molecule has 0 aliphatic heterocycles. The van der Waals surface area contributed by atoms with Gasteiger partial charge in [0.25, 0.3) is 5.91 Å². The van der Waals surface area contributed by atoms with Crippen LogP contribution in [0.3, 0.4) is 0 Å². The molecule has 4 rings (SSSR count). The van der Waals surface area contributed by atoms with Gasteiger partial charge in [-0.1, -0.05) is 54.6 Å². The molecule has 0 bridgehead atoms. The Morgan fingerprint density at radius 1 is 0.844 bits per heavy atom. The molecule has 1 atom stereocenters. The summed E-state index contributed by atoms with van der Waals surface area (Å²) in [6.07, 6.45) is 0.133. The number of aliphatic carboxylic acids is 1. The first-order valence-corrected chi connectivity index (χ1v) is 10.2. The van der Waals surface area contributed by atoms with Gasteiger partial charge in [-0.2, -0.15) is 0 Å². The molecule has 4 aromatic carbocycles. The Bertz CT molecular complexity index is 1290. The van der Waals surface area contributed by atoms with E-state index >= 15 is 0 Å². The second-order valence-electron chi connectivity index (χ2n) is 7.63. The van der Waals surface area contributed by atoms with Crippen molar-refractivity contribution in [1.82, 2.24) is 5.32 Å². The van der Waals surface area contributed by atoms with E-state index < -0.39 is 17.9 Å². The van der Waals surface area contributed by atoms with Crippen molar-refractivity contribution in [3.63, 3.8) is 0 Å². The van der Waals surface area contributed by atoms with Crippen LogP contribution in [-0.2, 0) is 16.0 Å². The van der Waals surface area contributed by atoms with Crippen LogP contribution in [0.1, 0.15) is 22.8 Å². The molecule has 0 aromatic heterocycles. The van der Waals surface area contributed by atoms with Crippen molar-refractivity contribution in [2.75, 3.05) is 5.32 Å². The number of hydrogen-bond acceptors (Lipinski definition) is 3. The maximum absolute atomic E-state index is 12.8. The molecular formula is C26H22N2O4. The molecule has 2 amide bonds. The van der Waals surface area contributed by atoms with Gasteiger partial charge in [0.1, 0.15) is 6.04 Å². The SMILES string of the molecule is CC(=O)Nc1cccc(C(=O)N[C@@H](Cc2c3ccccc3cc3ccccc23)C(=O)O)c1. The van der Waals surface area contributed by atoms with Crippen LogP contribution >= 0.6 is 0 Å². The maximum atomic E-state index is 12.8. The minimum atomic E-state index is -1.12.